The number of carboxylic acids is 2. The molecular weight excluding hydrogens is 214 g/mol. The molecule has 0 heterocycles. The van der Waals surface area contributed by atoms with Crippen LogP contribution in [0.1, 0.15) is 45.4 Å². The Labute approximate surface area is 131 Å². The van der Waals surface area contributed by atoms with Gasteiger partial charge in [-0.2, -0.15) is 0 Å². The van der Waals surface area contributed by atoms with E-state index in [1.807, 2.05) is 0 Å². The van der Waals surface area contributed by atoms with E-state index in [4.69, 9.17) is 0 Å². The molecular formula is C10H16LiNaO4. The summed E-state index contributed by atoms with van der Waals surface area (Å²) in [4.78, 5) is 20.7. The number of rotatable bonds is 8. The average molecular weight is 230 g/mol. The second kappa shape index (κ2) is 13.6. The van der Waals surface area contributed by atoms with Crippen LogP contribution >= 0.6 is 0 Å². The zero-order valence-electron chi connectivity index (χ0n) is 10.5. The molecule has 0 amide bonds. The Morgan fingerprint density at radius 3 is 1.81 bits per heavy atom. The monoisotopic (exact) mass is 230 g/mol. The minimum Gasteiger partial charge on any atom is -0.549 e. The van der Waals surface area contributed by atoms with E-state index < -0.39 is 17.9 Å². The van der Waals surface area contributed by atoms with Crippen molar-refractivity contribution in [3.63, 3.8) is 0 Å². The molecule has 0 aliphatic rings. The van der Waals surface area contributed by atoms with Gasteiger partial charge in [-0.1, -0.05) is 39.0 Å². The first-order chi connectivity index (χ1) is 6.59. The summed E-state index contributed by atoms with van der Waals surface area (Å²) in [5, 5.41) is 20.7. The first kappa shape index (κ1) is 21.8. The molecule has 0 N–H and O–H groups in total. The molecule has 0 bridgehead atoms. The summed E-state index contributed by atoms with van der Waals surface area (Å²) in [5.74, 6) is -4.53. The van der Waals surface area contributed by atoms with Crippen LogP contribution in [0.5, 0.6) is 0 Å². The van der Waals surface area contributed by atoms with Crippen LogP contribution in [0.15, 0.2) is 0 Å². The van der Waals surface area contributed by atoms with E-state index in [0.717, 1.165) is 25.7 Å². The van der Waals surface area contributed by atoms with E-state index in [9.17, 15) is 19.8 Å². The first-order valence-corrected chi connectivity index (χ1v) is 5.01. The van der Waals surface area contributed by atoms with E-state index in [2.05, 4.69) is 6.92 Å². The van der Waals surface area contributed by atoms with Gasteiger partial charge in [0.15, 0.2) is 0 Å². The number of carboxylic acid groups (broad SMARTS) is 2. The van der Waals surface area contributed by atoms with E-state index in [1.54, 1.807) is 0 Å². The van der Waals surface area contributed by atoms with Gasteiger partial charge in [-0.05, 0) is 6.42 Å². The third kappa shape index (κ3) is 11.0. The van der Waals surface area contributed by atoms with Gasteiger partial charge in [0.05, 0.1) is 11.9 Å². The smallest absolute Gasteiger partial charge is 0.549 e. The molecule has 0 aromatic rings. The zero-order chi connectivity index (χ0) is 11.0. The van der Waals surface area contributed by atoms with Gasteiger partial charge in [0.25, 0.3) is 0 Å². The van der Waals surface area contributed by atoms with E-state index in [-0.39, 0.29) is 54.8 Å². The summed E-state index contributed by atoms with van der Waals surface area (Å²) < 4.78 is 0. The van der Waals surface area contributed by atoms with Crippen LogP contribution in [0.3, 0.4) is 0 Å². The van der Waals surface area contributed by atoms with Crippen molar-refractivity contribution in [1.82, 2.24) is 0 Å². The van der Waals surface area contributed by atoms with Gasteiger partial charge in [-0.15, -0.1) is 0 Å². The molecule has 0 aromatic carbocycles. The van der Waals surface area contributed by atoms with Crippen LogP contribution < -0.4 is 58.6 Å². The molecule has 82 valence electrons. The first-order valence-electron chi connectivity index (χ1n) is 5.01. The summed E-state index contributed by atoms with van der Waals surface area (Å²) in [6.07, 6.45) is 4.81. The Morgan fingerprint density at radius 1 is 1.00 bits per heavy atom. The molecule has 0 radical (unpaired) electrons. The molecule has 0 saturated carbocycles. The van der Waals surface area contributed by atoms with Crippen LogP contribution in [0.25, 0.3) is 0 Å². The normalized spacial score (nSPS) is 9.12. The fourth-order valence-corrected chi connectivity index (χ4v) is 1.28. The number of aliphatic carboxylic acids is 2. The van der Waals surface area contributed by atoms with Crippen LogP contribution in [0.2, 0.25) is 0 Å². The number of hydrogen-bond donors (Lipinski definition) is 0. The molecule has 0 unspecified atom stereocenters. The fourth-order valence-electron chi connectivity index (χ4n) is 1.28. The van der Waals surface area contributed by atoms with Crippen LogP contribution in [0.4, 0.5) is 0 Å². The van der Waals surface area contributed by atoms with E-state index in [1.165, 1.54) is 0 Å². The number of hydrogen-bond acceptors (Lipinski definition) is 4. The van der Waals surface area contributed by atoms with Gasteiger partial charge < -0.3 is 19.8 Å². The number of unbranched alkanes of at least 4 members (excludes halogenated alkanes) is 4. The Kier molecular flexibility index (Phi) is 18.5. The van der Waals surface area contributed by atoms with Gasteiger partial charge in [0.1, 0.15) is 0 Å². The maximum absolute atomic E-state index is 10.3. The molecule has 0 aromatic heterocycles. The van der Waals surface area contributed by atoms with Crippen molar-refractivity contribution in [3.8, 4) is 0 Å². The predicted octanol–water partition coefficient (Wildman–Crippen LogP) is -6.53. The second-order valence-electron chi connectivity index (χ2n) is 3.39. The molecule has 0 aliphatic heterocycles. The zero-order valence-corrected chi connectivity index (χ0v) is 12.5. The Balaban J connectivity index is -0.000000845. The van der Waals surface area contributed by atoms with Gasteiger partial charge in [0, 0.05) is 5.92 Å². The maximum atomic E-state index is 10.3. The fraction of sp³-hybridized carbons (Fsp3) is 0.800. The van der Waals surface area contributed by atoms with E-state index in [0.29, 0.717) is 6.42 Å². The molecule has 16 heavy (non-hydrogen) atoms. The largest absolute Gasteiger partial charge is 1.00 e. The van der Waals surface area contributed by atoms with Gasteiger partial charge in [-0.25, -0.2) is 0 Å². The van der Waals surface area contributed by atoms with Crippen molar-refractivity contribution in [2.45, 2.75) is 45.4 Å². The van der Waals surface area contributed by atoms with Crippen LogP contribution in [0, 0.1) is 5.92 Å². The topological polar surface area (TPSA) is 80.3 Å². The number of carbonyl (C=O) groups excluding carboxylic acids is 2. The average Bonchev–Trinajstić information content (AvgIpc) is 2.09. The van der Waals surface area contributed by atoms with Crippen molar-refractivity contribution in [3.05, 3.63) is 0 Å². The van der Waals surface area contributed by atoms with E-state index >= 15 is 0 Å². The minimum absolute atomic E-state index is 0. The van der Waals surface area contributed by atoms with Crippen molar-refractivity contribution in [1.29, 1.82) is 0 Å². The second-order valence-corrected chi connectivity index (χ2v) is 3.39. The maximum Gasteiger partial charge on any atom is 1.00 e. The molecule has 4 nitrogen and oxygen atoms in total. The SMILES string of the molecule is CCCCCCCC(C(=O)[O-])C(=O)[O-].[Li+].[Na+]. The third-order valence-corrected chi connectivity index (χ3v) is 2.17. The molecule has 6 heteroatoms. The summed E-state index contributed by atoms with van der Waals surface area (Å²) in [7, 11) is 0. The van der Waals surface area contributed by atoms with Crippen LogP contribution in [-0.4, -0.2) is 11.9 Å². The molecule has 0 atom stereocenters. The van der Waals surface area contributed by atoms with Crippen molar-refractivity contribution in [2.24, 2.45) is 5.92 Å². The Hall–Kier alpha value is 0.537. The minimum atomic E-state index is -1.54. The molecule has 0 rings (SSSR count). The third-order valence-electron chi connectivity index (χ3n) is 2.17. The summed E-state index contributed by atoms with van der Waals surface area (Å²) in [6, 6.07) is 0. The molecule has 0 aliphatic carbocycles. The summed E-state index contributed by atoms with van der Waals surface area (Å²) in [6.45, 7) is 2.07. The van der Waals surface area contributed by atoms with Crippen molar-refractivity contribution in [2.75, 3.05) is 0 Å². The summed E-state index contributed by atoms with van der Waals surface area (Å²) in [5.41, 5.74) is 0. The van der Waals surface area contributed by atoms with Gasteiger partial charge in [0.2, 0.25) is 0 Å². The Bertz CT molecular complexity index is 185. The molecule has 0 saturated heterocycles. The number of carbonyl (C=O) groups is 2. The standard InChI is InChI=1S/C10H18O4.Li.Na/c1-2-3-4-5-6-7-8(9(11)12)10(13)14;;/h8H,2-7H2,1H3,(H,11,12)(H,13,14);;/q;2*+1/p-2. The van der Waals surface area contributed by atoms with Gasteiger partial charge >= 0.3 is 48.4 Å². The van der Waals surface area contributed by atoms with Crippen molar-refractivity contribution >= 4 is 11.9 Å². The van der Waals surface area contributed by atoms with Crippen LogP contribution in [-0.2, 0) is 9.59 Å². The Morgan fingerprint density at radius 2 is 1.44 bits per heavy atom. The summed E-state index contributed by atoms with van der Waals surface area (Å²) >= 11 is 0. The molecule has 0 spiro atoms. The van der Waals surface area contributed by atoms with Gasteiger partial charge in [-0.3, -0.25) is 0 Å². The van der Waals surface area contributed by atoms with Crippen molar-refractivity contribution < 1.29 is 68.2 Å². The quantitative estimate of drug-likeness (QED) is 0.236. The predicted molar refractivity (Wildman–Crippen MR) is 46.9 cm³/mol. The molecule has 0 fully saturated rings.